The minimum absolute atomic E-state index is 0.0612. The topological polar surface area (TPSA) is 111 Å². The second-order valence-electron chi connectivity index (χ2n) is 10.1. The first-order chi connectivity index (χ1) is 20.0. The molecule has 5 rings (SSSR count). The standard InChI is InChI=1S/C32H26Cl2N2O6/c1-17-11-21(33)7-9-25(17)35-31(39)29-15-23(37)13-27(41-29)19-3-5-20(6-4-19)28-14-24(38)16-30(42-28)32(40)36-26-10-8-22(34)12-18(26)2/h3-12,15-16,27-28H,13-14H2,1-2H3,(H,35,39)(H,36,40)/t27-,28-/m1/s1. The highest BCUT2D eigenvalue weighted by Gasteiger charge is 2.30. The number of carbonyl (C=O) groups excluding carboxylic acids is 4. The van der Waals surface area contributed by atoms with E-state index in [0.29, 0.717) is 32.5 Å². The SMILES string of the molecule is Cc1cc(Cl)ccc1NC(=O)C1=CC(=O)C[C@H](c2ccc([C@H]3CC(=O)C=C(C(=O)Nc4ccc(Cl)cc4C)O3)cc2)O1. The van der Waals surface area contributed by atoms with Gasteiger partial charge < -0.3 is 20.1 Å². The first kappa shape index (κ1) is 29.1. The van der Waals surface area contributed by atoms with Gasteiger partial charge in [-0.2, -0.15) is 0 Å². The van der Waals surface area contributed by atoms with Crippen LogP contribution in [0.15, 0.2) is 84.3 Å². The minimum Gasteiger partial charge on any atom is -0.479 e. The molecule has 2 aliphatic heterocycles. The highest BCUT2D eigenvalue weighted by atomic mass is 35.5. The monoisotopic (exact) mass is 604 g/mol. The first-order valence-corrected chi connectivity index (χ1v) is 13.9. The number of aryl methyl sites for hydroxylation is 2. The lowest BCUT2D eigenvalue weighted by atomic mass is 9.96. The van der Waals surface area contributed by atoms with Gasteiger partial charge in [0.1, 0.15) is 12.2 Å². The second-order valence-corrected chi connectivity index (χ2v) is 10.9. The van der Waals surface area contributed by atoms with Crippen LogP contribution in [0.1, 0.15) is 47.3 Å². The molecule has 3 aromatic carbocycles. The van der Waals surface area contributed by atoms with Crippen LogP contribution in [0.4, 0.5) is 11.4 Å². The molecule has 2 N–H and O–H groups in total. The summed E-state index contributed by atoms with van der Waals surface area (Å²) < 4.78 is 11.8. The van der Waals surface area contributed by atoms with Gasteiger partial charge in [0.15, 0.2) is 23.1 Å². The molecule has 2 heterocycles. The molecular weight excluding hydrogens is 579 g/mol. The fraction of sp³-hybridized carbons (Fsp3) is 0.188. The number of hydrogen-bond donors (Lipinski definition) is 2. The van der Waals surface area contributed by atoms with Gasteiger partial charge >= 0.3 is 0 Å². The average Bonchev–Trinajstić information content (AvgIpc) is 2.95. The predicted molar refractivity (Wildman–Crippen MR) is 159 cm³/mol. The van der Waals surface area contributed by atoms with Gasteiger partial charge in [0.25, 0.3) is 11.8 Å². The molecule has 2 aliphatic rings. The van der Waals surface area contributed by atoms with E-state index in [9.17, 15) is 19.2 Å². The molecule has 0 radical (unpaired) electrons. The molecular formula is C32H26Cl2N2O6. The Labute approximate surface area is 252 Å². The average molecular weight is 605 g/mol. The Hall–Kier alpha value is -4.40. The quantitative estimate of drug-likeness (QED) is 0.323. The Morgan fingerprint density at radius 3 is 1.40 bits per heavy atom. The first-order valence-electron chi connectivity index (χ1n) is 13.1. The molecule has 3 aromatic rings. The van der Waals surface area contributed by atoms with E-state index >= 15 is 0 Å². The maximum absolute atomic E-state index is 12.9. The van der Waals surface area contributed by atoms with Crippen molar-refractivity contribution in [2.75, 3.05) is 10.6 Å². The number of halogens is 2. The van der Waals surface area contributed by atoms with Crippen molar-refractivity contribution in [3.8, 4) is 0 Å². The van der Waals surface area contributed by atoms with Crippen molar-refractivity contribution in [3.05, 3.63) is 117 Å². The summed E-state index contributed by atoms with van der Waals surface area (Å²) in [6.07, 6.45) is 1.15. The third kappa shape index (κ3) is 6.73. The Kier molecular flexibility index (Phi) is 8.47. The number of nitrogens with one attached hydrogen (secondary N) is 2. The normalized spacial score (nSPS) is 18.3. The number of carbonyl (C=O) groups is 4. The van der Waals surface area contributed by atoms with Gasteiger partial charge in [-0.3, -0.25) is 19.2 Å². The van der Waals surface area contributed by atoms with E-state index in [-0.39, 0.29) is 35.9 Å². The molecule has 0 aromatic heterocycles. The van der Waals surface area contributed by atoms with Crippen LogP contribution in [0.2, 0.25) is 10.0 Å². The number of anilines is 2. The van der Waals surface area contributed by atoms with Crippen LogP contribution in [0.25, 0.3) is 0 Å². The molecule has 2 atom stereocenters. The number of hydrogen-bond acceptors (Lipinski definition) is 6. The smallest absolute Gasteiger partial charge is 0.290 e. The fourth-order valence-corrected chi connectivity index (χ4v) is 5.12. The van der Waals surface area contributed by atoms with Gasteiger partial charge in [-0.05, 0) is 72.5 Å². The summed E-state index contributed by atoms with van der Waals surface area (Å²) in [5.41, 5.74) is 3.99. The predicted octanol–water partition coefficient (Wildman–Crippen LogP) is 6.72. The van der Waals surface area contributed by atoms with E-state index in [1.165, 1.54) is 12.2 Å². The number of ketones is 2. The van der Waals surface area contributed by atoms with Crippen molar-refractivity contribution in [2.45, 2.75) is 38.9 Å². The summed E-state index contributed by atoms with van der Waals surface area (Å²) in [6.45, 7) is 3.62. The minimum atomic E-state index is -0.679. The summed E-state index contributed by atoms with van der Waals surface area (Å²) in [5, 5.41) is 6.60. The number of rotatable bonds is 6. The molecule has 0 bridgehead atoms. The summed E-state index contributed by atoms with van der Waals surface area (Å²) in [6, 6.07) is 17.1. The molecule has 0 saturated heterocycles. The van der Waals surface area contributed by atoms with Gasteiger partial charge in [-0.1, -0.05) is 47.5 Å². The van der Waals surface area contributed by atoms with Crippen molar-refractivity contribution < 1.29 is 28.7 Å². The van der Waals surface area contributed by atoms with Gasteiger partial charge in [0, 0.05) is 33.6 Å². The van der Waals surface area contributed by atoms with Crippen LogP contribution in [0.5, 0.6) is 0 Å². The Balaban J connectivity index is 1.25. The van der Waals surface area contributed by atoms with Crippen LogP contribution in [0, 0.1) is 13.8 Å². The van der Waals surface area contributed by atoms with Gasteiger partial charge in [-0.15, -0.1) is 0 Å². The zero-order valence-corrected chi connectivity index (χ0v) is 24.2. The van der Waals surface area contributed by atoms with Crippen LogP contribution in [-0.2, 0) is 28.7 Å². The zero-order chi connectivity index (χ0) is 30.0. The van der Waals surface area contributed by atoms with Crippen LogP contribution in [0.3, 0.4) is 0 Å². The third-order valence-electron chi connectivity index (χ3n) is 6.90. The van der Waals surface area contributed by atoms with Crippen molar-refractivity contribution in [1.82, 2.24) is 0 Å². The molecule has 42 heavy (non-hydrogen) atoms. The van der Waals surface area contributed by atoms with E-state index in [2.05, 4.69) is 10.6 Å². The lowest BCUT2D eigenvalue weighted by Crippen LogP contribution is -2.25. The van der Waals surface area contributed by atoms with Gasteiger partial charge in [0.2, 0.25) is 0 Å². The number of benzene rings is 3. The van der Waals surface area contributed by atoms with E-state index in [4.69, 9.17) is 32.7 Å². The van der Waals surface area contributed by atoms with Crippen molar-refractivity contribution in [1.29, 1.82) is 0 Å². The summed E-state index contributed by atoms with van der Waals surface area (Å²) >= 11 is 12.0. The molecule has 0 fully saturated rings. The summed E-state index contributed by atoms with van der Waals surface area (Å²) in [5.74, 6) is -1.76. The van der Waals surface area contributed by atoms with Gasteiger partial charge in [0.05, 0.1) is 12.8 Å². The Morgan fingerprint density at radius 2 is 1.05 bits per heavy atom. The Bertz CT molecular complexity index is 1540. The molecule has 0 unspecified atom stereocenters. The second kappa shape index (κ2) is 12.2. The van der Waals surface area contributed by atoms with Crippen molar-refractivity contribution in [3.63, 3.8) is 0 Å². The molecule has 0 saturated carbocycles. The van der Waals surface area contributed by atoms with Crippen LogP contribution in [-0.4, -0.2) is 23.4 Å². The molecule has 214 valence electrons. The van der Waals surface area contributed by atoms with Gasteiger partial charge in [-0.25, -0.2) is 0 Å². The van der Waals surface area contributed by atoms with E-state index in [0.717, 1.165) is 11.1 Å². The number of allylic oxidation sites excluding steroid dienone is 2. The van der Waals surface area contributed by atoms with E-state index in [1.54, 1.807) is 60.7 Å². The molecule has 8 nitrogen and oxygen atoms in total. The highest BCUT2D eigenvalue weighted by Crippen LogP contribution is 2.34. The molecule has 2 amide bonds. The highest BCUT2D eigenvalue weighted by molar-refractivity contribution is 6.31. The lowest BCUT2D eigenvalue weighted by molar-refractivity contribution is -0.124. The van der Waals surface area contributed by atoms with Crippen LogP contribution >= 0.6 is 23.2 Å². The van der Waals surface area contributed by atoms with Crippen molar-refractivity contribution in [2.24, 2.45) is 0 Å². The zero-order valence-electron chi connectivity index (χ0n) is 22.7. The molecule has 0 aliphatic carbocycles. The summed E-state index contributed by atoms with van der Waals surface area (Å²) in [4.78, 5) is 50.7. The van der Waals surface area contributed by atoms with Crippen LogP contribution < -0.4 is 10.6 Å². The Morgan fingerprint density at radius 1 is 0.667 bits per heavy atom. The largest absolute Gasteiger partial charge is 0.479 e. The molecule has 0 spiro atoms. The third-order valence-corrected chi connectivity index (χ3v) is 7.37. The maximum atomic E-state index is 12.9. The lowest BCUT2D eigenvalue weighted by Gasteiger charge is -2.26. The maximum Gasteiger partial charge on any atom is 0.290 e. The number of ether oxygens (including phenoxy) is 2. The fourth-order valence-electron chi connectivity index (χ4n) is 4.67. The van der Waals surface area contributed by atoms with E-state index in [1.807, 2.05) is 13.8 Å². The van der Waals surface area contributed by atoms with E-state index < -0.39 is 24.0 Å². The van der Waals surface area contributed by atoms with Crippen molar-refractivity contribution >= 4 is 58.0 Å². The summed E-state index contributed by atoms with van der Waals surface area (Å²) in [7, 11) is 0. The number of amides is 2. The molecule has 10 heteroatoms.